The Labute approximate surface area is 127 Å². The summed E-state index contributed by atoms with van der Waals surface area (Å²) in [6, 6.07) is 1.51. The number of nitrogens with zero attached hydrogens (tertiary/aromatic N) is 1. The highest BCUT2D eigenvalue weighted by Crippen LogP contribution is 2.27. The van der Waals surface area contributed by atoms with Crippen LogP contribution in [0.1, 0.15) is 25.6 Å². The Balaban J connectivity index is 3.04. The lowest BCUT2D eigenvalue weighted by Crippen LogP contribution is -2.39. The zero-order valence-corrected chi connectivity index (χ0v) is 13.7. The van der Waals surface area contributed by atoms with E-state index in [0.717, 1.165) is 0 Å². The van der Waals surface area contributed by atoms with E-state index in [-0.39, 0.29) is 17.5 Å². The average molecular weight is 344 g/mol. The van der Waals surface area contributed by atoms with Crippen molar-refractivity contribution in [2.45, 2.75) is 44.4 Å². The first kappa shape index (κ1) is 18.4. The van der Waals surface area contributed by atoms with Gasteiger partial charge in [0.25, 0.3) is 0 Å². The number of hydrogen-bond donors (Lipinski definition) is 1. The molecule has 0 spiro atoms. The van der Waals surface area contributed by atoms with Crippen molar-refractivity contribution in [3.63, 3.8) is 0 Å². The number of nitrogens with one attached hydrogen (secondary N) is 1. The highest BCUT2D eigenvalue weighted by molar-refractivity contribution is 7.89. The molecule has 0 radical (unpaired) electrons. The second-order valence-corrected chi connectivity index (χ2v) is 7.70. The molecule has 0 aliphatic rings. The molecular formula is C12H19F3N2O2S2. The summed E-state index contributed by atoms with van der Waals surface area (Å²) in [5, 5.41) is 4.65. The lowest BCUT2D eigenvalue weighted by atomic mass is 10.4. The molecule has 0 aliphatic heterocycles. The van der Waals surface area contributed by atoms with E-state index in [0.29, 0.717) is 15.7 Å². The smallest absolute Gasteiger partial charge is 0.310 e. The zero-order valence-electron chi connectivity index (χ0n) is 12.1. The molecule has 0 unspecified atom stereocenters. The second kappa shape index (κ2) is 7.08. The lowest BCUT2D eigenvalue weighted by Gasteiger charge is -2.22. The topological polar surface area (TPSA) is 49.4 Å². The third-order valence-corrected chi connectivity index (χ3v) is 5.76. The normalized spacial score (nSPS) is 13.3. The molecule has 122 valence electrons. The van der Waals surface area contributed by atoms with Crippen LogP contribution >= 0.6 is 11.3 Å². The van der Waals surface area contributed by atoms with Gasteiger partial charge in [-0.15, -0.1) is 11.3 Å². The molecule has 0 atom stereocenters. The summed E-state index contributed by atoms with van der Waals surface area (Å²) in [5.74, 6) is 0. The zero-order chi connectivity index (χ0) is 16.3. The fraction of sp³-hybridized carbons (Fsp3) is 0.667. The molecule has 1 rings (SSSR count). The van der Waals surface area contributed by atoms with Gasteiger partial charge in [0.05, 0.1) is 4.90 Å². The molecule has 4 nitrogen and oxygen atoms in total. The van der Waals surface area contributed by atoms with E-state index >= 15 is 0 Å². The summed E-state index contributed by atoms with van der Waals surface area (Å²) in [4.78, 5) is 0.469. The van der Waals surface area contributed by atoms with Gasteiger partial charge >= 0.3 is 6.18 Å². The minimum absolute atomic E-state index is 0.0493. The average Bonchev–Trinajstić information content (AvgIpc) is 2.81. The van der Waals surface area contributed by atoms with Crippen LogP contribution in [0.15, 0.2) is 16.3 Å². The number of alkyl halides is 3. The van der Waals surface area contributed by atoms with Crippen molar-refractivity contribution in [3.8, 4) is 0 Å². The molecule has 0 aromatic carbocycles. The predicted molar refractivity (Wildman–Crippen MR) is 76.8 cm³/mol. The summed E-state index contributed by atoms with van der Waals surface area (Å²) >= 11 is 1.21. The Morgan fingerprint density at radius 1 is 1.38 bits per heavy atom. The predicted octanol–water partition coefficient (Wildman–Crippen LogP) is 2.82. The maximum absolute atomic E-state index is 12.5. The van der Waals surface area contributed by atoms with Crippen LogP contribution in [0.4, 0.5) is 13.2 Å². The third kappa shape index (κ3) is 5.24. The van der Waals surface area contributed by atoms with Crippen LogP contribution in [0, 0.1) is 0 Å². The Morgan fingerprint density at radius 2 is 2.00 bits per heavy atom. The Kier molecular flexibility index (Phi) is 6.21. The van der Waals surface area contributed by atoms with Gasteiger partial charge in [0.2, 0.25) is 10.0 Å². The second-order valence-electron chi connectivity index (χ2n) is 4.79. The summed E-state index contributed by atoms with van der Waals surface area (Å²) in [7, 11) is -4.14. The minimum Gasteiger partial charge on any atom is -0.310 e. The van der Waals surface area contributed by atoms with E-state index in [4.69, 9.17) is 0 Å². The van der Waals surface area contributed by atoms with E-state index in [2.05, 4.69) is 5.32 Å². The highest BCUT2D eigenvalue weighted by atomic mass is 32.2. The molecule has 1 N–H and O–H groups in total. The van der Waals surface area contributed by atoms with Crippen LogP contribution < -0.4 is 5.32 Å². The molecule has 0 fully saturated rings. The van der Waals surface area contributed by atoms with Gasteiger partial charge in [0, 0.05) is 24.0 Å². The third-order valence-electron chi connectivity index (χ3n) is 2.70. The van der Waals surface area contributed by atoms with Crippen molar-refractivity contribution in [2.24, 2.45) is 0 Å². The van der Waals surface area contributed by atoms with Gasteiger partial charge in [0.15, 0.2) is 0 Å². The Morgan fingerprint density at radius 3 is 2.48 bits per heavy atom. The van der Waals surface area contributed by atoms with E-state index in [9.17, 15) is 21.6 Å². The molecule has 1 heterocycles. The SMILES string of the molecule is CCN(CC(F)(F)F)S(=O)(=O)c1ccsc1CNC(C)C. The largest absolute Gasteiger partial charge is 0.402 e. The number of hydrogen-bond acceptors (Lipinski definition) is 4. The first-order valence-corrected chi connectivity index (χ1v) is 8.76. The van der Waals surface area contributed by atoms with Crippen LogP contribution in [0.5, 0.6) is 0 Å². The van der Waals surface area contributed by atoms with Gasteiger partial charge in [-0.25, -0.2) is 8.42 Å². The maximum atomic E-state index is 12.5. The molecular weight excluding hydrogens is 325 g/mol. The fourth-order valence-corrected chi connectivity index (χ4v) is 4.49. The van der Waals surface area contributed by atoms with Gasteiger partial charge in [0.1, 0.15) is 6.54 Å². The van der Waals surface area contributed by atoms with E-state index in [1.165, 1.54) is 24.3 Å². The quantitative estimate of drug-likeness (QED) is 0.827. The van der Waals surface area contributed by atoms with Crippen molar-refractivity contribution >= 4 is 21.4 Å². The molecule has 1 aromatic heterocycles. The van der Waals surface area contributed by atoms with Crippen LogP contribution in [0.3, 0.4) is 0 Å². The molecule has 0 aliphatic carbocycles. The number of halogens is 3. The molecule has 1 aromatic rings. The Hall–Kier alpha value is -0.640. The van der Waals surface area contributed by atoms with Crippen LogP contribution in [0.25, 0.3) is 0 Å². The first-order valence-electron chi connectivity index (χ1n) is 6.44. The van der Waals surface area contributed by atoms with Crippen LogP contribution in [-0.2, 0) is 16.6 Å². The van der Waals surface area contributed by atoms with Gasteiger partial charge in [-0.3, -0.25) is 0 Å². The van der Waals surface area contributed by atoms with Gasteiger partial charge in [-0.2, -0.15) is 17.5 Å². The fourth-order valence-electron chi connectivity index (χ4n) is 1.69. The molecule has 21 heavy (non-hydrogen) atoms. The summed E-state index contributed by atoms with van der Waals surface area (Å²) in [6.45, 7) is 3.82. The summed E-state index contributed by atoms with van der Waals surface area (Å²) in [6.07, 6.45) is -4.56. The molecule has 0 saturated carbocycles. The van der Waals surface area contributed by atoms with Crippen molar-refractivity contribution in [1.82, 2.24) is 9.62 Å². The van der Waals surface area contributed by atoms with Gasteiger partial charge in [-0.05, 0) is 11.4 Å². The van der Waals surface area contributed by atoms with E-state index in [1.54, 1.807) is 5.38 Å². The van der Waals surface area contributed by atoms with Gasteiger partial charge in [-0.1, -0.05) is 20.8 Å². The van der Waals surface area contributed by atoms with Crippen molar-refractivity contribution in [3.05, 3.63) is 16.3 Å². The van der Waals surface area contributed by atoms with Crippen LogP contribution in [0.2, 0.25) is 0 Å². The molecule has 9 heteroatoms. The van der Waals surface area contributed by atoms with Gasteiger partial charge < -0.3 is 5.32 Å². The summed E-state index contributed by atoms with van der Waals surface area (Å²) < 4.78 is 62.7. The lowest BCUT2D eigenvalue weighted by molar-refractivity contribution is -0.135. The molecule has 0 bridgehead atoms. The minimum atomic E-state index is -4.56. The maximum Gasteiger partial charge on any atom is 0.402 e. The van der Waals surface area contributed by atoms with Crippen molar-refractivity contribution in [2.75, 3.05) is 13.1 Å². The Bertz CT molecular complexity index is 553. The van der Waals surface area contributed by atoms with E-state index in [1.807, 2.05) is 13.8 Å². The standard InChI is InChI=1S/C12H19F3N2O2S2/c1-4-17(8-12(13,14)15)21(18,19)11-5-6-20-10(11)7-16-9(2)3/h5-6,9,16H,4,7-8H2,1-3H3. The van der Waals surface area contributed by atoms with Crippen molar-refractivity contribution in [1.29, 1.82) is 0 Å². The summed E-state index contributed by atoms with van der Waals surface area (Å²) in [5.41, 5.74) is 0. The molecule has 0 saturated heterocycles. The highest BCUT2D eigenvalue weighted by Gasteiger charge is 2.37. The van der Waals surface area contributed by atoms with E-state index < -0.39 is 22.7 Å². The first-order chi connectivity index (χ1) is 9.58. The monoisotopic (exact) mass is 344 g/mol. The molecule has 0 amide bonds. The number of rotatable bonds is 7. The number of sulfonamides is 1. The van der Waals surface area contributed by atoms with Crippen LogP contribution in [-0.4, -0.2) is 38.0 Å². The van der Waals surface area contributed by atoms with Crippen molar-refractivity contribution < 1.29 is 21.6 Å². The number of thiophene rings is 1.